The quantitative estimate of drug-likeness (QED) is 0.657. The SMILES string of the molecule is Clc1c(CN2CCCC2)cccc1OCc1nc(-c2cnccn2)no1. The van der Waals surface area contributed by atoms with Crippen molar-refractivity contribution < 1.29 is 9.26 Å². The molecule has 0 atom stereocenters. The summed E-state index contributed by atoms with van der Waals surface area (Å²) in [5, 5.41) is 4.53. The summed E-state index contributed by atoms with van der Waals surface area (Å²) in [5.74, 6) is 1.35. The molecule has 0 radical (unpaired) electrons. The second-order valence-corrected chi connectivity index (χ2v) is 6.48. The van der Waals surface area contributed by atoms with Gasteiger partial charge in [-0.1, -0.05) is 28.9 Å². The highest BCUT2D eigenvalue weighted by atomic mass is 35.5. The summed E-state index contributed by atoms with van der Waals surface area (Å²) in [5.41, 5.74) is 1.62. The van der Waals surface area contributed by atoms with E-state index in [0.29, 0.717) is 28.2 Å². The molecule has 0 unspecified atom stereocenters. The molecule has 3 heterocycles. The average Bonchev–Trinajstić information content (AvgIpc) is 3.35. The smallest absolute Gasteiger partial charge is 0.264 e. The predicted molar refractivity (Wildman–Crippen MR) is 95.6 cm³/mol. The van der Waals surface area contributed by atoms with Gasteiger partial charge in [-0.2, -0.15) is 4.98 Å². The van der Waals surface area contributed by atoms with E-state index in [-0.39, 0.29) is 6.61 Å². The van der Waals surface area contributed by atoms with E-state index in [1.807, 2.05) is 18.2 Å². The minimum atomic E-state index is 0.139. The summed E-state index contributed by atoms with van der Waals surface area (Å²) in [7, 11) is 0. The zero-order valence-electron chi connectivity index (χ0n) is 14.1. The van der Waals surface area contributed by atoms with Gasteiger partial charge in [-0.25, -0.2) is 4.98 Å². The number of ether oxygens (including phenoxy) is 1. The Morgan fingerprint density at radius 2 is 2.08 bits per heavy atom. The highest BCUT2D eigenvalue weighted by Crippen LogP contribution is 2.30. The molecule has 1 saturated heterocycles. The monoisotopic (exact) mass is 371 g/mol. The largest absolute Gasteiger partial charge is 0.482 e. The first-order chi connectivity index (χ1) is 12.8. The summed E-state index contributed by atoms with van der Waals surface area (Å²) in [4.78, 5) is 14.8. The molecule has 3 aromatic rings. The number of aromatic nitrogens is 4. The van der Waals surface area contributed by atoms with E-state index in [9.17, 15) is 0 Å². The number of hydrogen-bond acceptors (Lipinski definition) is 7. The van der Waals surface area contributed by atoms with E-state index in [1.165, 1.54) is 12.8 Å². The number of likely N-dealkylation sites (tertiary alicyclic amines) is 1. The Labute approximate surface area is 156 Å². The van der Waals surface area contributed by atoms with Crippen LogP contribution in [-0.2, 0) is 13.2 Å². The Balaban J connectivity index is 1.42. The van der Waals surface area contributed by atoms with Crippen LogP contribution in [0.4, 0.5) is 0 Å². The molecule has 0 bridgehead atoms. The van der Waals surface area contributed by atoms with Gasteiger partial charge in [-0.05, 0) is 37.6 Å². The lowest BCUT2D eigenvalue weighted by Crippen LogP contribution is -2.18. The Bertz CT molecular complexity index is 865. The van der Waals surface area contributed by atoms with Gasteiger partial charge < -0.3 is 9.26 Å². The molecule has 1 aromatic carbocycles. The molecular weight excluding hydrogens is 354 g/mol. The number of rotatable bonds is 6. The van der Waals surface area contributed by atoms with Crippen LogP contribution >= 0.6 is 11.6 Å². The Hall–Kier alpha value is -2.51. The molecule has 7 nitrogen and oxygen atoms in total. The van der Waals surface area contributed by atoms with Crippen molar-refractivity contribution in [1.82, 2.24) is 25.0 Å². The van der Waals surface area contributed by atoms with Crippen molar-refractivity contribution in [2.45, 2.75) is 26.0 Å². The van der Waals surface area contributed by atoms with E-state index in [4.69, 9.17) is 20.9 Å². The number of benzene rings is 1. The highest BCUT2D eigenvalue weighted by Gasteiger charge is 2.16. The third-order valence-corrected chi connectivity index (χ3v) is 4.68. The maximum absolute atomic E-state index is 6.52. The van der Waals surface area contributed by atoms with Crippen LogP contribution in [0.25, 0.3) is 11.5 Å². The van der Waals surface area contributed by atoms with E-state index in [2.05, 4.69) is 25.0 Å². The first kappa shape index (κ1) is 16.9. The fourth-order valence-corrected chi connectivity index (χ4v) is 3.18. The molecule has 1 aliphatic heterocycles. The minimum absolute atomic E-state index is 0.139. The van der Waals surface area contributed by atoms with Gasteiger partial charge in [0.15, 0.2) is 6.61 Å². The summed E-state index contributed by atoms with van der Waals surface area (Å²) < 4.78 is 11.0. The van der Waals surface area contributed by atoms with Crippen LogP contribution < -0.4 is 4.74 Å². The van der Waals surface area contributed by atoms with Gasteiger partial charge in [0.05, 0.1) is 11.2 Å². The lowest BCUT2D eigenvalue weighted by atomic mass is 10.2. The van der Waals surface area contributed by atoms with Gasteiger partial charge in [0.1, 0.15) is 11.4 Å². The molecule has 0 aliphatic carbocycles. The van der Waals surface area contributed by atoms with Crippen LogP contribution in [0, 0.1) is 0 Å². The summed E-state index contributed by atoms with van der Waals surface area (Å²) in [6, 6.07) is 5.83. The van der Waals surface area contributed by atoms with Gasteiger partial charge in [-0.15, -0.1) is 0 Å². The minimum Gasteiger partial charge on any atom is -0.482 e. The van der Waals surface area contributed by atoms with E-state index < -0.39 is 0 Å². The van der Waals surface area contributed by atoms with Gasteiger partial charge in [-0.3, -0.25) is 9.88 Å². The molecule has 134 valence electrons. The van der Waals surface area contributed by atoms with Crippen LogP contribution in [0.15, 0.2) is 41.3 Å². The molecule has 26 heavy (non-hydrogen) atoms. The maximum Gasteiger partial charge on any atom is 0.264 e. The van der Waals surface area contributed by atoms with Crippen LogP contribution in [0.2, 0.25) is 5.02 Å². The zero-order chi connectivity index (χ0) is 17.8. The molecule has 0 saturated carbocycles. The van der Waals surface area contributed by atoms with Crippen LogP contribution in [-0.4, -0.2) is 38.1 Å². The number of hydrogen-bond donors (Lipinski definition) is 0. The molecule has 4 rings (SSSR count). The molecule has 8 heteroatoms. The van der Waals surface area contributed by atoms with Crippen molar-refractivity contribution in [3.05, 3.63) is 53.3 Å². The molecule has 0 spiro atoms. The number of halogens is 1. The second kappa shape index (κ2) is 7.80. The van der Waals surface area contributed by atoms with Crippen molar-refractivity contribution in [2.75, 3.05) is 13.1 Å². The van der Waals surface area contributed by atoms with Crippen molar-refractivity contribution >= 4 is 11.6 Å². The normalized spacial score (nSPS) is 14.7. The van der Waals surface area contributed by atoms with Gasteiger partial charge in [0.25, 0.3) is 5.89 Å². The Morgan fingerprint density at radius 3 is 2.88 bits per heavy atom. The second-order valence-electron chi connectivity index (χ2n) is 6.10. The lowest BCUT2D eigenvalue weighted by molar-refractivity contribution is 0.242. The lowest BCUT2D eigenvalue weighted by Gasteiger charge is -2.17. The van der Waals surface area contributed by atoms with Crippen molar-refractivity contribution in [2.24, 2.45) is 0 Å². The highest BCUT2D eigenvalue weighted by molar-refractivity contribution is 6.32. The number of nitrogens with zero attached hydrogens (tertiary/aromatic N) is 5. The zero-order valence-corrected chi connectivity index (χ0v) is 14.9. The topological polar surface area (TPSA) is 77.2 Å². The molecule has 1 aliphatic rings. The Morgan fingerprint density at radius 1 is 1.19 bits per heavy atom. The maximum atomic E-state index is 6.52. The van der Waals surface area contributed by atoms with Crippen molar-refractivity contribution in [1.29, 1.82) is 0 Å². The molecule has 1 fully saturated rings. The Kier molecular flexibility index (Phi) is 5.08. The average molecular weight is 372 g/mol. The van der Waals surface area contributed by atoms with Crippen LogP contribution in [0.3, 0.4) is 0 Å². The van der Waals surface area contributed by atoms with Gasteiger partial charge in [0.2, 0.25) is 5.82 Å². The first-order valence-corrected chi connectivity index (χ1v) is 8.89. The van der Waals surface area contributed by atoms with E-state index >= 15 is 0 Å². The van der Waals surface area contributed by atoms with Crippen molar-refractivity contribution in [3.8, 4) is 17.3 Å². The molecular formula is C18H18ClN5O2. The third kappa shape index (κ3) is 3.84. The molecule has 0 amide bonds. The summed E-state index contributed by atoms with van der Waals surface area (Å²) in [6.45, 7) is 3.22. The van der Waals surface area contributed by atoms with Gasteiger partial charge in [0, 0.05) is 18.9 Å². The summed E-state index contributed by atoms with van der Waals surface area (Å²) >= 11 is 6.52. The van der Waals surface area contributed by atoms with Crippen LogP contribution in [0.5, 0.6) is 5.75 Å². The third-order valence-electron chi connectivity index (χ3n) is 4.25. The first-order valence-electron chi connectivity index (χ1n) is 8.51. The molecule has 2 aromatic heterocycles. The van der Waals surface area contributed by atoms with E-state index in [0.717, 1.165) is 25.2 Å². The standard InChI is InChI=1S/C18H18ClN5O2/c19-17-13(11-24-8-1-2-9-24)4-3-5-15(17)25-12-16-22-18(23-26-16)14-10-20-6-7-21-14/h3-7,10H,1-2,8-9,11-12H2. The predicted octanol–water partition coefficient (Wildman–Crippen LogP) is 3.35. The van der Waals surface area contributed by atoms with Crippen molar-refractivity contribution in [3.63, 3.8) is 0 Å². The van der Waals surface area contributed by atoms with E-state index in [1.54, 1.807) is 18.6 Å². The summed E-state index contributed by atoms with van der Waals surface area (Å²) in [6.07, 6.45) is 7.24. The fraction of sp³-hybridized carbons (Fsp3) is 0.333. The van der Waals surface area contributed by atoms with Gasteiger partial charge >= 0.3 is 0 Å². The molecule has 0 N–H and O–H groups in total. The fourth-order valence-electron chi connectivity index (χ4n) is 2.94. The van der Waals surface area contributed by atoms with Crippen LogP contribution in [0.1, 0.15) is 24.3 Å².